The van der Waals surface area contributed by atoms with Crippen molar-refractivity contribution in [3.8, 4) is 0 Å². The molecule has 0 aromatic carbocycles. The molecule has 2 unspecified atom stereocenters. The van der Waals surface area contributed by atoms with Crippen molar-refractivity contribution < 1.29 is 4.74 Å². The van der Waals surface area contributed by atoms with Gasteiger partial charge in [0.05, 0.1) is 0 Å². The summed E-state index contributed by atoms with van der Waals surface area (Å²) >= 11 is 0. The van der Waals surface area contributed by atoms with Crippen LogP contribution in [-0.4, -0.2) is 18.4 Å². The highest BCUT2D eigenvalue weighted by atomic mass is 16.5. The van der Waals surface area contributed by atoms with Gasteiger partial charge in [0.25, 0.3) is 0 Å². The molecule has 1 aliphatic rings. The number of rotatable bonds is 3. The fraction of sp³-hybridized carbons (Fsp3) is 1.00. The average Bonchev–Trinajstić information content (AvgIpc) is 2.18. The van der Waals surface area contributed by atoms with Crippen LogP contribution in [0.15, 0.2) is 0 Å². The van der Waals surface area contributed by atoms with Crippen LogP contribution in [0, 0.1) is 0 Å². The van der Waals surface area contributed by atoms with Gasteiger partial charge < -0.3 is 4.74 Å². The highest BCUT2D eigenvalue weighted by Gasteiger charge is 2.39. The topological polar surface area (TPSA) is 21.3 Å². The van der Waals surface area contributed by atoms with E-state index in [0.717, 1.165) is 12.8 Å². The highest BCUT2D eigenvalue weighted by Crippen LogP contribution is 2.33. The maximum absolute atomic E-state index is 5.61. The molecule has 0 amide bonds. The quantitative estimate of drug-likeness (QED) is 0.730. The lowest BCUT2D eigenvalue weighted by molar-refractivity contribution is -0.0914. The number of hydrogen-bond donors (Lipinski definition) is 1. The van der Waals surface area contributed by atoms with Crippen LogP contribution < -0.4 is 5.32 Å². The minimum absolute atomic E-state index is 0.0526. The van der Waals surface area contributed by atoms with Gasteiger partial charge >= 0.3 is 0 Å². The molecule has 2 heteroatoms. The standard InChI is InChI=1S/C11H23NO/c1-5-10(3)8-7-9-11(6-2,12-10)13-4/h12H,5-9H2,1-4H3. The Morgan fingerprint density at radius 3 is 2.38 bits per heavy atom. The number of piperidine rings is 1. The summed E-state index contributed by atoms with van der Waals surface area (Å²) < 4.78 is 5.61. The van der Waals surface area contributed by atoms with Crippen molar-refractivity contribution in [2.75, 3.05) is 7.11 Å². The van der Waals surface area contributed by atoms with Crippen LogP contribution in [0.25, 0.3) is 0 Å². The molecule has 1 aliphatic heterocycles. The average molecular weight is 185 g/mol. The van der Waals surface area contributed by atoms with Gasteiger partial charge in [-0.05, 0) is 39.0 Å². The second-order valence-corrected chi connectivity index (χ2v) is 4.44. The van der Waals surface area contributed by atoms with Crippen molar-refractivity contribution in [1.82, 2.24) is 5.32 Å². The Labute approximate surface area is 82.0 Å². The maximum Gasteiger partial charge on any atom is 0.118 e. The summed E-state index contributed by atoms with van der Waals surface area (Å²) in [5.41, 5.74) is 0.229. The van der Waals surface area contributed by atoms with Crippen LogP contribution in [0.3, 0.4) is 0 Å². The molecule has 1 rings (SSSR count). The van der Waals surface area contributed by atoms with Gasteiger partial charge in [0.1, 0.15) is 5.72 Å². The predicted octanol–water partition coefficient (Wildman–Crippen LogP) is 2.68. The maximum atomic E-state index is 5.61. The number of hydrogen-bond acceptors (Lipinski definition) is 2. The van der Waals surface area contributed by atoms with E-state index in [9.17, 15) is 0 Å². The molecule has 13 heavy (non-hydrogen) atoms. The van der Waals surface area contributed by atoms with Gasteiger partial charge in [-0.2, -0.15) is 0 Å². The summed E-state index contributed by atoms with van der Waals surface area (Å²) in [5.74, 6) is 0. The van der Waals surface area contributed by atoms with E-state index in [1.165, 1.54) is 19.3 Å². The Balaban J connectivity index is 2.69. The molecule has 2 atom stereocenters. The molecule has 1 fully saturated rings. The molecule has 1 N–H and O–H groups in total. The van der Waals surface area contributed by atoms with Gasteiger partial charge in [-0.1, -0.05) is 13.8 Å². The first-order chi connectivity index (χ1) is 6.10. The van der Waals surface area contributed by atoms with Gasteiger partial charge in [0.15, 0.2) is 0 Å². The lowest BCUT2D eigenvalue weighted by Crippen LogP contribution is -2.60. The third-order valence-corrected chi connectivity index (χ3v) is 3.58. The zero-order valence-corrected chi connectivity index (χ0v) is 9.44. The van der Waals surface area contributed by atoms with Crippen molar-refractivity contribution in [3.63, 3.8) is 0 Å². The van der Waals surface area contributed by atoms with Crippen molar-refractivity contribution in [2.45, 2.75) is 64.1 Å². The first-order valence-corrected chi connectivity index (χ1v) is 5.44. The minimum atomic E-state index is -0.0526. The van der Waals surface area contributed by atoms with E-state index < -0.39 is 0 Å². The van der Waals surface area contributed by atoms with Crippen LogP contribution in [0.1, 0.15) is 52.9 Å². The Bertz CT molecular complexity index is 165. The molecule has 0 radical (unpaired) electrons. The van der Waals surface area contributed by atoms with E-state index in [4.69, 9.17) is 4.74 Å². The van der Waals surface area contributed by atoms with Crippen LogP contribution in [0.2, 0.25) is 0 Å². The SMILES string of the molecule is CCC1(C)CCCC(CC)(OC)N1. The van der Waals surface area contributed by atoms with E-state index in [2.05, 4.69) is 26.1 Å². The molecule has 0 aromatic heterocycles. The largest absolute Gasteiger partial charge is 0.364 e. The molecule has 2 nitrogen and oxygen atoms in total. The monoisotopic (exact) mass is 185 g/mol. The summed E-state index contributed by atoms with van der Waals surface area (Å²) in [6.45, 7) is 6.74. The van der Waals surface area contributed by atoms with Crippen LogP contribution in [0.4, 0.5) is 0 Å². The zero-order chi connectivity index (χ0) is 9.95. The number of ether oxygens (including phenoxy) is 1. The third kappa shape index (κ3) is 2.23. The molecule has 0 saturated carbocycles. The summed E-state index contributed by atoms with van der Waals surface area (Å²) in [7, 11) is 1.82. The smallest absolute Gasteiger partial charge is 0.118 e. The lowest BCUT2D eigenvalue weighted by atomic mass is 9.83. The second kappa shape index (κ2) is 3.97. The predicted molar refractivity (Wildman–Crippen MR) is 55.7 cm³/mol. The van der Waals surface area contributed by atoms with Crippen molar-refractivity contribution in [3.05, 3.63) is 0 Å². The molecule has 0 spiro atoms. The molecule has 0 bridgehead atoms. The molecule has 1 heterocycles. The summed E-state index contributed by atoms with van der Waals surface area (Å²) in [4.78, 5) is 0. The Kier molecular flexibility index (Phi) is 3.36. The van der Waals surface area contributed by atoms with Gasteiger partial charge in [0, 0.05) is 12.6 Å². The fourth-order valence-electron chi connectivity index (χ4n) is 2.27. The Morgan fingerprint density at radius 1 is 1.23 bits per heavy atom. The zero-order valence-electron chi connectivity index (χ0n) is 9.44. The molecular weight excluding hydrogens is 162 g/mol. The van der Waals surface area contributed by atoms with E-state index in [0.29, 0.717) is 0 Å². The second-order valence-electron chi connectivity index (χ2n) is 4.44. The van der Waals surface area contributed by atoms with Crippen molar-refractivity contribution >= 4 is 0 Å². The molecule has 1 saturated heterocycles. The van der Waals surface area contributed by atoms with Crippen molar-refractivity contribution in [1.29, 1.82) is 0 Å². The number of methoxy groups -OCH3 is 1. The summed E-state index contributed by atoms with van der Waals surface area (Å²) in [6.07, 6.45) is 5.93. The third-order valence-electron chi connectivity index (χ3n) is 3.58. The van der Waals surface area contributed by atoms with Crippen molar-refractivity contribution in [2.24, 2.45) is 0 Å². The van der Waals surface area contributed by atoms with Crippen LogP contribution >= 0.6 is 0 Å². The lowest BCUT2D eigenvalue weighted by Gasteiger charge is -2.46. The normalized spacial score (nSPS) is 40.6. The fourth-order valence-corrected chi connectivity index (χ4v) is 2.27. The van der Waals surface area contributed by atoms with E-state index in [1.807, 2.05) is 7.11 Å². The summed E-state index contributed by atoms with van der Waals surface area (Å²) in [5, 5.41) is 3.67. The minimum Gasteiger partial charge on any atom is -0.364 e. The Hall–Kier alpha value is -0.0800. The van der Waals surface area contributed by atoms with Gasteiger partial charge in [-0.25, -0.2) is 0 Å². The highest BCUT2D eigenvalue weighted by molar-refractivity contribution is 4.94. The number of nitrogens with one attached hydrogen (secondary N) is 1. The van der Waals surface area contributed by atoms with Crippen LogP contribution in [-0.2, 0) is 4.74 Å². The first kappa shape index (κ1) is 11.0. The van der Waals surface area contributed by atoms with E-state index >= 15 is 0 Å². The molecular formula is C11H23NO. The van der Waals surface area contributed by atoms with E-state index in [1.54, 1.807) is 0 Å². The van der Waals surface area contributed by atoms with Gasteiger partial charge in [-0.3, -0.25) is 5.32 Å². The first-order valence-electron chi connectivity index (χ1n) is 5.44. The molecule has 0 aliphatic carbocycles. The van der Waals surface area contributed by atoms with Crippen LogP contribution in [0.5, 0.6) is 0 Å². The van der Waals surface area contributed by atoms with Gasteiger partial charge in [-0.15, -0.1) is 0 Å². The van der Waals surface area contributed by atoms with E-state index in [-0.39, 0.29) is 11.3 Å². The van der Waals surface area contributed by atoms with Gasteiger partial charge in [0.2, 0.25) is 0 Å². The Morgan fingerprint density at radius 2 is 1.92 bits per heavy atom. The molecule has 0 aromatic rings. The molecule has 78 valence electrons. The summed E-state index contributed by atoms with van der Waals surface area (Å²) in [6, 6.07) is 0.